The van der Waals surface area contributed by atoms with Crippen molar-refractivity contribution in [2.45, 2.75) is 39.3 Å². The van der Waals surface area contributed by atoms with E-state index in [1.165, 1.54) is 41.2 Å². The lowest BCUT2D eigenvalue weighted by Gasteiger charge is -2.29. The fourth-order valence-corrected chi connectivity index (χ4v) is 5.10. The average molecular weight is 471 g/mol. The molecule has 1 heterocycles. The number of hydrogen-bond acceptors (Lipinski definition) is 3. The highest BCUT2D eigenvalue weighted by molar-refractivity contribution is 6.33. The molecule has 0 aliphatic carbocycles. The average Bonchev–Trinajstić information content (AvgIpc) is 2.87. The van der Waals surface area contributed by atoms with Gasteiger partial charge in [0.05, 0.1) is 10.7 Å². The number of hydrogen-bond donors (Lipinski definition) is 1. The summed E-state index contributed by atoms with van der Waals surface area (Å²) in [5.41, 5.74) is 5.73. The standard InChI is InChI=1S/C30H31ClN2O/c1-22-8-7-9-23(18-22)21-34-30-15-12-24-10-3-4-11-26(24)27(30)20-32-25-13-14-29(28(31)19-25)33-16-5-2-6-17-33/h3-4,7-15,18-19,32H,2,5-6,16-17,20-21H2,1H3. The van der Waals surface area contributed by atoms with Gasteiger partial charge in [-0.2, -0.15) is 0 Å². The molecule has 174 valence electrons. The first-order valence-corrected chi connectivity index (χ1v) is 12.5. The first kappa shape index (κ1) is 22.6. The molecule has 0 spiro atoms. The van der Waals surface area contributed by atoms with E-state index in [-0.39, 0.29) is 0 Å². The number of halogens is 1. The zero-order valence-corrected chi connectivity index (χ0v) is 20.4. The molecule has 34 heavy (non-hydrogen) atoms. The molecule has 0 bridgehead atoms. The van der Waals surface area contributed by atoms with Gasteiger partial charge in [0.15, 0.2) is 0 Å². The van der Waals surface area contributed by atoms with Gasteiger partial charge in [0.2, 0.25) is 0 Å². The van der Waals surface area contributed by atoms with Crippen molar-refractivity contribution in [2.24, 2.45) is 0 Å². The minimum absolute atomic E-state index is 0.545. The molecule has 0 radical (unpaired) electrons. The molecular formula is C30H31ClN2O. The number of piperidine rings is 1. The van der Waals surface area contributed by atoms with Crippen molar-refractivity contribution in [1.29, 1.82) is 0 Å². The summed E-state index contributed by atoms with van der Waals surface area (Å²) >= 11 is 6.69. The van der Waals surface area contributed by atoms with Crippen LogP contribution in [0.2, 0.25) is 5.02 Å². The Morgan fingerprint density at radius 2 is 1.74 bits per heavy atom. The number of benzene rings is 4. The van der Waals surface area contributed by atoms with E-state index in [9.17, 15) is 0 Å². The Hall–Kier alpha value is -3.17. The van der Waals surface area contributed by atoms with Gasteiger partial charge in [0, 0.05) is 30.9 Å². The van der Waals surface area contributed by atoms with Gasteiger partial charge >= 0.3 is 0 Å². The molecule has 0 atom stereocenters. The first-order valence-electron chi connectivity index (χ1n) is 12.1. The molecule has 5 rings (SSSR count). The monoisotopic (exact) mass is 470 g/mol. The topological polar surface area (TPSA) is 24.5 Å². The Kier molecular flexibility index (Phi) is 6.92. The molecule has 1 saturated heterocycles. The van der Waals surface area contributed by atoms with Crippen molar-refractivity contribution in [3.05, 3.63) is 101 Å². The van der Waals surface area contributed by atoms with Crippen LogP contribution in [0.5, 0.6) is 5.75 Å². The summed E-state index contributed by atoms with van der Waals surface area (Å²) in [5.74, 6) is 0.906. The lowest BCUT2D eigenvalue weighted by atomic mass is 10.0. The van der Waals surface area contributed by atoms with Crippen LogP contribution in [-0.2, 0) is 13.2 Å². The fourth-order valence-electron chi connectivity index (χ4n) is 4.80. The molecule has 4 heteroatoms. The number of rotatable bonds is 7. The summed E-state index contributed by atoms with van der Waals surface area (Å²) in [6, 6.07) is 27.5. The van der Waals surface area contributed by atoms with Crippen LogP contribution in [0.15, 0.2) is 78.9 Å². The van der Waals surface area contributed by atoms with Gasteiger partial charge in [-0.15, -0.1) is 0 Å². The number of ether oxygens (including phenoxy) is 1. The second-order valence-corrected chi connectivity index (χ2v) is 9.52. The van der Waals surface area contributed by atoms with Gasteiger partial charge in [0.25, 0.3) is 0 Å². The van der Waals surface area contributed by atoms with E-state index in [0.717, 1.165) is 40.8 Å². The highest BCUT2D eigenvalue weighted by Crippen LogP contribution is 2.33. The van der Waals surface area contributed by atoms with Crippen molar-refractivity contribution in [3.63, 3.8) is 0 Å². The third kappa shape index (κ3) is 5.15. The van der Waals surface area contributed by atoms with Crippen molar-refractivity contribution in [2.75, 3.05) is 23.3 Å². The smallest absolute Gasteiger partial charge is 0.125 e. The number of nitrogens with zero attached hydrogens (tertiary/aromatic N) is 1. The Labute approximate surface area is 207 Å². The molecule has 4 aromatic carbocycles. The lowest BCUT2D eigenvalue weighted by Crippen LogP contribution is -2.29. The fraction of sp³-hybridized carbons (Fsp3) is 0.267. The molecule has 1 N–H and O–H groups in total. The maximum atomic E-state index is 6.69. The molecule has 1 aliphatic rings. The maximum Gasteiger partial charge on any atom is 0.125 e. The second-order valence-electron chi connectivity index (χ2n) is 9.11. The summed E-state index contributed by atoms with van der Waals surface area (Å²) in [6.45, 7) is 5.48. The minimum atomic E-state index is 0.545. The summed E-state index contributed by atoms with van der Waals surface area (Å²) in [7, 11) is 0. The highest BCUT2D eigenvalue weighted by atomic mass is 35.5. The highest BCUT2D eigenvalue weighted by Gasteiger charge is 2.15. The van der Waals surface area contributed by atoms with E-state index in [2.05, 4.69) is 89.9 Å². The van der Waals surface area contributed by atoms with Gasteiger partial charge in [-0.25, -0.2) is 0 Å². The summed E-state index contributed by atoms with van der Waals surface area (Å²) in [6.07, 6.45) is 3.79. The number of anilines is 2. The van der Waals surface area contributed by atoms with Gasteiger partial charge in [-0.1, -0.05) is 71.8 Å². The summed E-state index contributed by atoms with van der Waals surface area (Å²) in [4.78, 5) is 2.40. The second kappa shape index (κ2) is 10.4. The summed E-state index contributed by atoms with van der Waals surface area (Å²) < 4.78 is 6.32. The van der Waals surface area contributed by atoms with E-state index >= 15 is 0 Å². The number of aryl methyl sites for hydroxylation is 1. The predicted octanol–water partition coefficient (Wildman–Crippen LogP) is 7.98. The molecule has 1 fully saturated rings. The van der Waals surface area contributed by atoms with E-state index in [0.29, 0.717) is 13.2 Å². The Bertz CT molecular complexity index is 1280. The molecule has 1 aliphatic heterocycles. The third-order valence-corrected chi connectivity index (χ3v) is 6.89. The Balaban J connectivity index is 1.37. The molecule has 0 aromatic heterocycles. The van der Waals surface area contributed by atoms with E-state index in [1.807, 2.05) is 6.07 Å². The predicted molar refractivity (Wildman–Crippen MR) is 144 cm³/mol. The van der Waals surface area contributed by atoms with Crippen LogP contribution in [0.4, 0.5) is 11.4 Å². The van der Waals surface area contributed by atoms with Crippen LogP contribution in [0, 0.1) is 6.92 Å². The van der Waals surface area contributed by atoms with Crippen molar-refractivity contribution in [3.8, 4) is 5.75 Å². The van der Waals surface area contributed by atoms with Gasteiger partial charge < -0.3 is 15.0 Å². The molecule has 3 nitrogen and oxygen atoms in total. The Morgan fingerprint density at radius 1 is 0.882 bits per heavy atom. The van der Waals surface area contributed by atoms with E-state index in [4.69, 9.17) is 16.3 Å². The van der Waals surface area contributed by atoms with Crippen LogP contribution >= 0.6 is 11.6 Å². The van der Waals surface area contributed by atoms with Gasteiger partial charge in [0.1, 0.15) is 12.4 Å². The molecule has 4 aromatic rings. The zero-order chi connectivity index (χ0) is 23.3. The maximum absolute atomic E-state index is 6.69. The summed E-state index contributed by atoms with van der Waals surface area (Å²) in [5, 5.41) is 6.81. The van der Waals surface area contributed by atoms with Gasteiger partial charge in [-0.05, 0) is 66.8 Å². The SMILES string of the molecule is Cc1cccc(COc2ccc3ccccc3c2CNc2ccc(N3CCCCC3)c(Cl)c2)c1. The number of nitrogens with one attached hydrogen (secondary N) is 1. The van der Waals surface area contributed by atoms with E-state index in [1.54, 1.807) is 0 Å². The van der Waals surface area contributed by atoms with E-state index < -0.39 is 0 Å². The molecule has 0 amide bonds. The lowest BCUT2D eigenvalue weighted by molar-refractivity contribution is 0.304. The number of fused-ring (bicyclic) bond motifs is 1. The van der Waals surface area contributed by atoms with Crippen molar-refractivity contribution in [1.82, 2.24) is 0 Å². The minimum Gasteiger partial charge on any atom is -0.489 e. The Morgan fingerprint density at radius 3 is 2.56 bits per heavy atom. The largest absolute Gasteiger partial charge is 0.489 e. The molecule has 0 saturated carbocycles. The molecular weight excluding hydrogens is 440 g/mol. The normalized spacial score (nSPS) is 13.8. The van der Waals surface area contributed by atoms with Crippen LogP contribution in [-0.4, -0.2) is 13.1 Å². The van der Waals surface area contributed by atoms with Crippen LogP contribution in [0.1, 0.15) is 36.0 Å². The zero-order valence-electron chi connectivity index (χ0n) is 19.7. The molecule has 0 unspecified atom stereocenters. The van der Waals surface area contributed by atoms with Crippen LogP contribution < -0.4 is 15.0 Å². The quantitative estimate of drug-likeness (QED) is 0.296. The first-order chi connectivity index (χ1) is 16.7. The van der Waals surface area contributed by atoms with Crippen LogP contribution in [0.25, 0.3) is 10.8 Å². The van der Waals surface area contributed by atoms with Crippen LogP contribution in [0.3, 0.4) is 0 Å². The van der Waals surface area contributed by atoms with Gasteiger partial charge in [-0.3, -0.25) is 0 Å². The third-order valence-electron chi connectivity index (χ3n) is 6.59. The van der Waals surface area contributed by atoms with Crippen molar-refractivity contribution < 1.29 is 4.74 Å². The van der Waals surface area contributed by atoms with Crippen molar-refractivity contribution >= 4 is 33.7 Å².